The van der Waals surface area contributed by atoms with Crippen molar-refractivity contribution in [3.8, 4) is 0 Å². The van der Waals surface area contributed by atoms with Crippen LogP contribution in [0.1, 0.15) is 34.1 Å². The molecule has 3 nitrogen and oxygen atoms in total. The van der Waals surface area contributed by atoms with Crippen LogP contribution in [0.4, 0.5) is 13.2 Å². The van der Waals surface area contributed by atoms with Gasteiger partial charge in [0.15, 0.2) is 0 Å². The van der Waals surface area contributed by atoms with E-state index in [0.717, 1.165) is 0 Å². The second-order valence-electron chi connectivity index (χ2n) is 5.11. The lowest BCUT2D eigenvalue weighted by molar-refractivity contribution is -0.262. The highest BCUT2D eigenvalue weighted by Gasteiger charge is 2.61. The highest BCUT2D eigenvalue weighted by atomic mass is 19.4. The molecule has 0 aromatic rings. The molecule has 0 aromatic carbocycles. The first-order valence-corrected chi connectivity index (χ1v) is 5.51. The molecule has 0 aliphatic rings. The Labute approximate surface area is 105 Å². The summed E-state index contributed by atoms with van der Waals surface area (Å²) in [6, 6.07) is 0. The molecule has 0 unspecified atom stereocenters. The fourth-order valence-corrected chi connectivity index (χ4v) is 1.11. The summed E-state index contributed by atoms with van der Waals surface area (Å²) >= 11 is 0. The second-order valence-corrected chi connectivity index (χ2v) is 5.11. The minimum absolute atomic E-state index is 0.121. The minimum atomic E-state index is -5.10. The lowest BCUT2D eigenvalue weighted by Gasteiger charge is -2.32. The van der Waals surface area contributed by atoms with Crippen LogP contribution in [0.5, 0.6) is 0 Å². The molecule has 0 fully saturated rings. The van der Waals surface area contributed by atoms with Gasteiger partial charge in [0.1, 0.15) is 0 Å². The number of ether oxygens (including phenoxy) is 1. The third kappa shape index (κ3) is 3.73. The van der Waals surface area contributed by atoms with Gasteiger partial charge in [-0.25, -0.2) is 4.79 Å². The zero-order valence-corrected chi connectivity index (χ0v) is 11.0. The molecule has 0 spiro atoms. The molecule has 0 amide bonds. The Hall–Kier alpha value is -1.04. The Morgan fingerprint density at radius 2 is 1.72 bits per heavy atom. The van der Waals surface area contributed by atoms with E-state index < -0.39 is 29.6 Å². The van der Waals surface area contributed by atoms with E-state index in [4.69, 9.17) is 0 Å². The molecule has 0 aliphatic heterocycles. The summed E-state index contributed by atoms with van der Waals surface area (Å²) in [6.45, 7) is 9.58. The van der Waals surface area contributed by atoms with Crippen LogP contribution in [-0.2, 0) is 9.53 Å². The number of carbonyl (C=O) groups is 1. The maximum Gasteiger partial charge on any atom is 0.428 e. The zero-order chi connectivity index (χ0) is 14.8. The smallest absolute Gasteiger partial charge is 0.428 e. The van der Waals surface area contributed by atoms with Gasteiger partial charge in [0.2, 0.25) is 0 Å². The van der Waals surface area contributed by atoms with Crippen molar-refractivity contribution >= 4 is 5.97 Å². The Bertz CT molecular complexity index is 328. The van der Waals surface area contributed by atoms with Crippen molar-refractivity contribution in [1.82, 2.24) is 0 Å². The van der Waals surface area contributed by atoms with Crippen LogP contribution in [0.15, 0.2) is 12.2 Å². The van der Waals surface area contributed by atoms with E-state index in [1.165, 1.54) is 6.92 Å². The Kier molecular flexibility index (Phi) is 4.99. The van der Waals surface area contributed by atoms with Crippen molar-refractivity contribution in [1.29, 1.82) is 0 Å². The summed E-state index contributed by atoms with van der Waals surface area (Å²) in [6.07, 6.45) is -6.01. The molecule has 0 saturated carbocycles. The van der Waals surface area contributed by atoms with Crippen molar-refractivity contribution in [3.05, 3.63) is 12.2 Å². The summed E-state index contributed by atoms with van der Waals surface area (Å²) in [5, 5.41) is 9.62. The first kappa shape index (κ1) is 17.0. The summed E-state index contributed by atoms with van der Waals surface area (Å²) < 4.78 is 42.8. The fourth-order valence-electron chi connectivity index (χ4n) is 1.11. The predicted octanol–water partition coefficient (Wildman–Crippen LogP) is 2.84. The predicted molar refractivity (Wildman–Crippen MR) is 60.8 cm³/mol. The van der Waals surface area contributed by atoms with Gasteiger partial charge in [0.25, 0.3) is 5.60 Å². The first-order valence-electron chi connectivity index (χ1n) is 5.51. The van der Waals surface area contributed by atoms with Gasteiger partial charge in [-0.2, -0.15) is 13.2 Å². The number of aliphatic hydroxyl groups is 1. The van der Waals surface area contributed by atoms with Gasteiger partial charge in [-0.15, -0.1) is 0 Å². The normalized spacial score (nSPS) is 16.0. The summed E-state index contributed by atoms with van der Waals surface area (Å²) in [5.41, 5.74) is -4.06. The second kappa shape index (κ2) is 5.30. The van der Waals surface area contributed by atoms with E-state index in [2.05, 4.69) is 11.3 Å². The Morgan fingerprint density at radius 1 is 1.28 bits per heavy atom. The summed E-state index contributed by atoms with van der Waals surface area (Å²) in [4.78, 5) is 11.3. The summed E-state index contributed by atoms with van der Waals surface area (Å²) in [7, 11) is 0. The molecule has 0 radical (unpaired) electrons. The molecule has 0 aromatic heterocycles. The van der Waals surface area contributed by atoms with Gasteiger partial charge in [-0.1, -0.05) is 32.9 Å². The highest BCUT2D eigenvalue weighted by Crippen LogP contribution is 2.40. The van der Waals surface area contributed by atoms with Gasteiger partial charge in [-0.05, 0) is 12.3 Å². The molecule has 0 saturated heterocycles. The highest BCUT2D eigenvalue weighted by molar-refractivity contribution is 5.80. The zero-order valence-electron chi connectivity index (χ0n) is 11.0. The van der Waals surface area contributed by atoms with Gasteiger partial charge >= 0.3 is 12.1 Å². The number of hydrogen-bond acceptors (Lipinski definition) is 3. The Morgan fingerprint density at radius 3 is 2.00 bits per heavy atom. The van der Waals surface area contributed by atoms with Crippen molar-refractivity contribution in [3.63, 3.8) is 0 Å². The van der Waals surface area contributed by atoms with Gasteiger partial charge in [-0.3, -0.25) is 0 Å². The lowest BCUT2D eigenvalue weighted by Crippen LogP contribution is -2.53. The van der Waals surface area contributed by atoms with Crippen molar-refractivity contribution < 1.29 is 27.8 Å². The monoisotopic (exact) mass is 268 g/mol. The quantitative estimate of drug-likeness (QED) is 0.630. The molecular formula is C12H19F3O3. The van der Waals surface area contributed by atoms with Crippen LogP contribution in [0.3, 0.4) is 0 Å². The van der Waals surface area contributed by atoms with E-state index >= 15 is 0 Å². The minimum Gasteiger partial charge on any atom is -0.464 e. The van der Waals surface area contributed by atoms with Crippen molar-refractivity contribution in [2.24, 2.45) is 5.41 Å². The van der Waals surface area contributed by atoms with Gasteiger partial charge in [0.05, 0.1) is 6.61 Å². The number of carbonyl (C=O) groups excluding carboxylic acids is 1. The molecule has 106 valence electrons. The maximum absolute atomic E-state index is 12.8. The average Bonchev–Trinajstić information content (AvgIpc) is 2.14. The van der Waals surface area contributed by atoms with Crippen LogP contribution in [0, 0.1) is 5.41 Å². The molecule has 0 heterocycles. The van der Waals surface area contributed by atoms with E-state index in [9.17, 15) is 23.1 Å². The van der Waals surface area contributed by atoms with Crippen LogP contribution >= 0.6 is 0 Å². The largest absolute Gasteiger partial charge is 0.464 e. The van der Waals surface area contributed by atoms with Crippen LogP contribution in [0.2, 0.25) is 0 Å². The summed E-state index contributed by atoms with van der Waals surface area (Å²) in [5.74, 6) is -1.69. The SMILES string of the molecule is C=C(C[C@](O)(C(=O)OCC)C(F)(F)F)C(C)(C)C. The first-order chi connectivity index (χ1) is 7.86. The van der Waals surface area contributed by atoms with Crippen LogP contribution in [-0.4, -0.2) is 29.5 Å². The average molecular weight is 268 g/mol. The standard InChI is InChI=1S/C12H19F3O3/c1-6-18-9(16)11(17,12(13,14)15)7-8(2)10(3,4)5/h17H,2,6-7H2,1,3-5H3/t11-/m0/s1. The number of esters is 1. The Balaban J connectivity index is 5.27. The number of alkyl halides is 3. The molecule has 6 heteroatoms. The van der Waals surface area contributed by atoms with E-state index in [1.807, 2.05) is 0 Å². The molecule has 18 heavy (non-hydrogen) atoms. The van der Waals surface area contributed by atoms with E-state index in [0.29, 0.717) is 0 Å². The number of rotatable bonds is 4. The maximum atomic E-state index is 12.8. The third-order valence-electron chi connectivity index (χ3n) is 2.61. The van der Waals surface area contributed by atoms with Crippen molar-refractivity contribution in [2.45, 2.75) is 45.9 Å². The van der Waals surface area contributed by atoms with Gasteiger partial charge < -0.3 is 9.84 Å². The number of hydrogen-bond donors (Lipinski definition) is 1. The molecule has 0 aliphatic carbocycles. The van der Waals surface area contributed by atoms with Crippen molar-refractivity contribution in [2.75, 3.05) is 6.61 Å². The molecular weight excluding hydrogens is 249 g/mol. The molecule has 1 atom stereocenters. The lowest BCUT2D eigenvalue weighted by atomic mass is 9.80. The number of halogens is 3. The molecule has 0 bridgehead atoms. The van der Waals surface area contributed by atoms with Gasteiger partial charge in [0, 0.05) is 6.42 Å². The topological polar surface area (TPSA) is 46.5 Å². The van der Waals surface area contributed by atoms with Crippen LogP contribution < -0.4 is 0 Å². The van der Waals surface area contributed by atoms with E-state index in [-0.39, 0.29) is 12.2 Å². The van der Waals surface area contributed by atoms with E-state index in [1.54, 1.807) is 20.8 Å². The molecule has 1 N–H and O–H groups in total. The fraction of sp³-hybridized carbons (Fsp3) is 0.750. The third-order valence-corrected chi connectivity index (χ3v) is 2.61. The molecule has 0 rings (SSSR count). The van der Waals surface area contributed by atoms with Crippen LogP contribution in [0.25, 0.3) is 0 Å².